The minimum atomic E-state index is -0.806. The van der Waals surface area contributed by atoms with Crippen LogP contribution in [0.5, 0.6) is 0 Å². The zero-order chi connectivity index (χ0) is 18.8. The Balaban J connectivity index is 1.50. The number of nitrogens with one attached hydrogen (secondary N) is 1. The standard InChI is InChI=1S/C20H24N4O3/c25-19(14-8-9-15(11-14)20(26)27)21-16-6-4-5-13(12-16)18-23-22-17-7-2-1-3-10-24(17)18/h4-6,12,14-15H,1-3,7-11H2,(H,21,25)(H,26,27)/t14-,15+/m0/s1. The SMILES string of the molecule is O=C(O)[C@@H]1CC[C@H](C(=O)Nc2cccc(-c3nnc4n3CCCCC4)c2)C1. The number of carbonyl (C=O) groups is 2. The van der Waals surface area contributed by atoms with Crippen molar-refractivity contribution in [1.82, 2.24) is 14.8 Å². The number of aliphatic carboxylic acids is 1. The number of benzene rings is 1. The van der Waals surface area contributed by atoms with E-state index in [-0.39, 0.29) is 11.8 Å². The van der Waals surface area contributed by atoms with Gasteiger partial charge in [-0.15, -0.1) is 10.2 Å². The van der Waals surface area contributed by atoms with Crippen molar-refractivity contribution < 1.29 is 14.7 Å². The van der Waals surface area contributed by atoms with Crippen LogP contribution in [0.2, 0.25) is 0 Å². The van der Waals surface area contributed by atoms with E-state index >= 15 is 0 Å². The summed E-state index contributed by atoms with van der Waals surface area (Å²) in [5.41, 5.74) is 1.64. The van der Waals surface area contributed by atoms with E-state index in [1.807, 2.05) is 24.3 Å². The zero-order valence-electron chi connectivity index (χ0n) is 15.2. The fraction of sp³-hybridized carbons (Fsp3) is 0.500. The lowest BCUT2D eigenvalue weighted by Gasteiger charge is -2.12. The first-order valence-electron chi connectivity index (χ1n) is 9.68. The molecule has 1 aliphatic heterocycles. The maximum Gasteiger partial charge on any atom is 0.306 e. The summed E-state index contributed by atoms with van der Waals surface area (Å²) in [6, 6.07) is 7.65. The Kier molecular flexibility index (Phi) is 4.92. The van der Waals surface area contributed by atoms with Gasteiger partial charge in [-0.1, -0.05) is 18.6 Å². The molecule has 1 aromatic heterocycles. The van der Waals surface area contributed by atoms with Crippen LogP contribution in [0.15, 0.2) is 24.3 Å². The van der Waals surface area contributed by atoms with Crippen molar-refractivity contribution in [1.29, 1.82) is 0 Å². The van der Waals surface area contributed by atoms with Crippen LogP contribution in [0.4, 0.5) is 5.69 Å². The van der Waals surface area contributed by atoms with Crippen molar-refractivity contribution in [2.45, 2.75) is 51.5 Å². The van der Waals surface area contributed by atoms with E-state index in [0.717, 1.165) is 43.0 Å². The van der Waals surface area contributed by atoms with Gasteiger partial charge in [0, 0.05) is 30.1 Å². The highest BCUT2D eigenvalue weighted by Gasteiger charge is 2.33. The minimum Gasteiger partial charge on any atom is -0.481 e. The molecule has 2 heterocycles. The molecule has 27 heavy (non-hydrogen) atoms. The van der Waals surface area contributed by atoms with Gasteiger partial charge in [0.2, 0.25) is 5.91 Å². The van der Waals surface area contributed by atoms with E-state index in [4.69, 9.17) is 5.11 Å². The van der Waals surface area contributed by atoms with Crippen LogP contribution in [0.25, 0.3) is 11.4 Å². The number of amides is 1. The molecular weight excluding hydrogens is 344 g/mol. The molecule has 1 fully saturated rings. The maximum absolute atomic E-state index is 12.5. The number of nitrogens with zero attached hydrogens (tertiary/aromatic N) is 3. The van der Waals surface area contributed by atoms with Crippen LogP contribution in [0.3, 0.4) is 0 Å². The summed E-state index contributed by atoms with van der Waals surface area (Å²) in [6.07, 6.45) is 6.04. The number of carboxylic acid groups (broad SMARTS) is 1. The fourth-order valence-corrected chi connectivity index (χ4v) is 4.12. The summed E-state index contributed by atoms with van der Waals surface area (Å²) in [4.78, 5) is 23.6. The zero-order valence-corrected chi connectivity index (χ0v) is 15.2. The first-order chi connectivity index (χ1) is 13.1. The van der Waals surface area contributed by atoms with Crippen LogP contribution < -0.4 is 5.32 Å². The van der Waals surface area contributed by atoms with Crippen molar-refractivity contribution in [3.8, 4) is 11.4 Å². The number of hydrogen-bond donors (Lipinski definition) is 2. The molecule has 2 N–H and O–H groups in total. The summed E-state index contributed by atoms with van der Waals surface area (Å²) in [5, 5.41) is 20.8. The molecule has 1 aliphatic carbocycles. The van der Waals surface area contributed by atoms with Crippen molar-refractivity contribution in [2.24, 2.45) is 11.8 Å². The molecular formula is C20H24N4O3. The van der Waals surface area contributed by atoms with Crippen molar-refractivity contribution in [3.05, 3.63) is 30.1 Å². The molecule has 2 atom stereocenters. The summed E-state index contributed by atoms with van der Waals surface area (Å²) in [7, 11) is 0. The number of carbonyl (C=O) groups excluding carboxylic acids is 1. The topological polar surface area (TPSA) is 97.1 Å². The number of anilines is 1. The van der Waals surface area contributed by atoms with Gasteiger partial charge in [-0.05, 0) is 44.2 Å². The largest absolute Gasteiger partial charge is 0.481 e. The predicted octanol–water partition coefficient (Wildman–Crippen LogP) is 3.11. The van der Waals surface area contributed by atoms with Gasteiger partial charge in [-0.2, -0.15) is 0 Å². The monoisotopic (exact) mass is 368 g/mol. The van der Waals surface area contributed by atoms with Crippen molar-refractivity contribution in [3.63, 3.8) is 0 Å². The molecule has 1 saturated carbocycles. The van der Waals surface area contributed by atoms with Gasteiger partial charge in [0.05, 0.1) is 5.92 Å². The summed E-state index contributed by atoms with van der Waals surface area (Å²) in [5.74, 6) is 0.325. The number of aromatic nitrogens is 3. The highest BCUT2D eigenvalue weighted by molar-refractivity contribution is 5.93. The molecule has 0 saturated heterocycles. The van der Waals surface area contributed by atoms with E-state index in [1.165, 1.54) is 6.42 Å². The minimum absolute atomic E-state index is 0.101. The molecule has 0 radical (unpaired) electrons. The molecule has 2 aliphatic rings. The smallest absolute Gasteiger partial charge is 0.306 e. The number of rotatable bonds is 4. The number of hydrogen-bond acceptors (Lipinski definition) is 4. The van der Waals surface area contributed by atoms with Crippen LogP contribution in [0.1, 0.15) is 44.3 Å². The highest BCUT2D eigenvalue weighted by atomic mass is 16.4. The quantitative estimate of drug-likeness (QED) is 0.864. The molecule has 7 nitrogen and oxygen atoms in total. The first-order valence-corrected chi connectivity index (χ1v) is 9.68. The molecule has 0 spiro atoms. The first kappa shape index (κ1) is 17.7. The normalized spacial score (nSPS) is 22.1. The number of carboxylic acids is 1. The van der Waals surface area contributed by atoms with Gasteiger partial charge in [-0.3, -0.25) is 9.59 Å². The average Bonchev–Trinajstić information content (AvgIpc) is 3.24. The second kappa shape index (κ2) is 7.50. The Morgan fingerprint density at radius 2 is 1.96 bits per heavy atom. The molecule has 7 heteroatoms. The van der Waals surface area contributed by atoms with E-state index in [0.29, 0.717) is 24.9 Å². The second-order valence-corrected chi connectivity index (χ2v) is 7.52. The number of aryl methyl sites for hydroxylation is 1. The molecule has 1 aromatic carbocycles. The van der Waals surface area contributed by atoms with Crippen molar-refractivity contribution >= 4 is 17.6 Å². The third kappa shape index (κ3) is 3.72. The Morgan fingerprint density at radius 1 is 1.11 bits per heavy atom. The lowest BCUT2D eigenvalue weighted by atomic mass is 10.0. The molecule has 4 rings (SSSR count). The van der Waals surface area contributed by atoms with Crippen LogP contribution in [-0.4, -0.2) is 31.7 Å². The maximum atomic E-state index is 12.5. The average molecular weight is 368 g/mol. The van der Waals surface area contributed by atoms with Gasteiger partial charge < -0.3 is 15.0 Å². The third-order valence-electron chi connectivity index (χ3n) is 5.65. The molecule has 142 valence electrons. The van der Waals surface area contributed by atoms with Crippen LogP contribution in [-0.2, 0) is 22.6 Å². The molecule has 0 bridgehead atoms. The lowest BCUT2D eigenvalue weighted by molar-refractivity contribution is -0.141. The molecule has 0 unspecified atom stereocenters. The predicted molar refractivity (Wildman–Crippen MR) is 100 cm³/mol. The molecule has 1 amide bonds. The summed E-state index contributed by atoms with van der Waals surface area (Å²) < 4.78 is 2.18. The van der Waals surface area contributed by atoms with Crippen molar-refractivity contribution in [2.75, 3.05) is 5.32 Å². The Labute approximate surface area is 157 Å². The molecule has 2 aromatic rings. The summed E-state index contributed by atoms with van der Waals surface area (Å²) in [6.45, 7) is 0.924. The van der Waals surface area contributed by atoms with E-state index in [1.54, 1.807) is 0 Å². The van der Waals surface area contributed by atoms with E-state index in [2.05, 4.69) is 20.1 Å². The highest BCUT2D eigenvalue weighted by Crippen LogP contribution is 2.32. The Bertz CT molecular complexity index is 861. The van der Waals surface area contributed by atoms with Crippen LogP contribution >= 0.6 is 0 Å². The summed E-state index contributed by atoms with van der Waals surface area (Å²) >= 11 is 0. The van der Waals surface area contributed by atoms with Crippen LogP contribution in [0, 0.1) is 11.8 Å². The fourth-order valence-electron chi connectivity index (χ4n) is 4.12. The van der Waals surface area contributed by atoms with Gasteiger partial charge in [-0.25, -0.2) is 0 Å². The second-order valence-electron chi connectivity index (χ2n) is 7.52. The number of fused-ring (bicyclic) bond motifs is 1. The van der Waals surface area contributed by atoms with Gasteiger partial charge in [0.1, 0.15) is 5.82 Å². The van der Waals surface area contributed by atoms with Gasteiger partial charge in [0.25, 0.3) is 0 Å². The van der Waals surface area contributed by atoms with Gasteiger partial charge in [0.15, 0.2) is 5.82 Å². The van der Waals surface area contributed by atoms with E-state index < -0.39 is 11.9 Å². The Hall–Kier alpha value is -2.70. The third-order valence-corrected chi connectivity index (χ3v) is 5.65. The Morgan fingerprint density at radius 3 is 2.78 bits per heavy atom. The van der Waals surface area contributed by atoms with E-state index in [9.17, 15) is 9.59 Å². The van der Waals surface area contributed by atoms with Gasteiger partial charge >= 0.3 is 5.97 Å². The lowest BCUT2D eigenvalue weighted by Crippen LogP contribution is -2.21.